The number of aromatic nitrogens is 1. The molecular formula is C19H22N2. The first-order valence-corrected chi connectivity index (χ1v) is 7.50. The molecule has 2 aromatic carbocycles. The topological polar surface area (TPSA) is 27.8 Å². The summed E-state index contributed by atoms with van der Waals surface area (Å²) in [5.74, 6) is 0. The molecule has 1 aromatic heterocycles. The predicted octanol–water partition coefficient (Wildman–Crippen LogP) is 4.64. The average molecular weight is 278 g/mol. The van der Waals surface area contributed by atoms with Gasteiger partial charge in [-0.05, 0) is 55.0 Å². The highest BCUT2D eigenvalue weighted by molar-refractivity contribution is 5.79. The maximum Gasteiger partial charge on any atom is 0.0457 e. The maximum atomic E-state index is 3.62. The van der Waals surface area contributed by atoms with E-state index in [4.69, 9.17) is 0 Å². The number of nitrogens with one attached hydrogen (secondary N) is 2. The van der Waals surface area contributed by atoms with Gasteiger partial charge in [0.05, 0.1) is 0 Å². The van der Waals surface area contributed by atoms with Crippen LogP contribution in [0.25, 0.3) is 10.9 Å². The summed E-state index contributed by atoms with van der Waals surface area (Å²) in [6.07, 6.45) is 1.99. The van der Waals surface area contributed by atoms with Crippen LogP contribution < -0.4 is 5.32 Å². The number of aromatic amines is 1. The van der Waals surface area contributed by atoms with Crippen molar-refractivity contribution in [3.8, 4) is 0 Å². The van der Waals surface area contributed by atoms with Gasteiger partial charge < -0.3 is 10.3 Å². The Kier molecular flexibility index (Phi) is 3.80. The van der Waals surface area contributed by atoms with Crippen LogP contribution >= 0.6 is 0 Å². The molecule has 3 rings (SSSR count). The first kappa shape index (κ1) is 13.9. The molecular weight excluding hydrogens is 256 g/mol. The van der Waals surface area contributed by atoms with E-state index in [9.17, 15) is 0 Å². The molecule has 0 bridgehead atoms. The lowest BCUT2D eigenvalue weighted by atomic mass is 10.00. The molecule has 0 aliphatic heterocycles. The molecule has 1 atom stereocenters. The third-order valence-electron chi connectivity index (χ3n) is 4.12. The lowest BCUT2D eigenvalue weighted by molar-refractivity contribution is 0.572. The molecule has 0 amide bonds. The van der Waals surface area contributed by atoms with E-state index in [-0.39, 0.29) is 0 Å². The molecule has 108 valence electrons. The fraction of sp³-hybridized carbons (Fsp3) is 0.263. The Bertz CT molecular complexity index is 755. The first-order chi connectivity index (χ1) is 10.1. The van der Waals surface area contributed by atoms with Crippen molar-refractivity contribution in [3.63, 3.8) is 0 Å². The van der Waals surface area contributed by atoms with E-state index in [0.717, 1.165) is 6.54 Å². The minimum Gasteiger partial charge on any atom is -0.361 e. The van der Waals surface area contributed by atoms with E-state index in [1.54, 1.807) is 0 Å². The maximum absolute atomic E-state index is 3.62. The molecule has 0 spiro atoms. The Balaban J connectivity index is 1.71. The van der Waals surface area contributed by atoms with Crippen LogP contribution in [-0.2, 0) is 6.54 Å². The molecule has 1 heterocycles. The minimum absolute atomic E-state index is 0.352. The summed E-state index contributed by atoms with van der Waals surface area (Å²) in [6.45, 7) is 7.43. The van der Waals surface area contributed by atoms with Crippen LogP contribution in [0.3, 0.4) is 0 Å². The quantitative estimate of drug-likeness (QED) is 0.715. The zero-order valence-electron chi connectivity index (χ0n) is 12.9. The van der Waals surface area contributed by atoms with E-state index >= 15 is 0 Å². The molecule has 0 fully saturated rings. The van der Waals surface area contributed by atoms with Crippen molar-refractivity contribution in [3.05, 3.63) is 70.9 Å². The lowest BCUT2D eigenvalue weighted by Gasteiger charge is -2.17. The minimum atomic E-state index is 0.352. The highest BCUT2D eigenvalue weighted by atomic mass is 14.9. The van der Waals surface area contributed by atoms with E-state index in [1.807, 2.05) is 6.20 Å². The Morgan fingerprint density at radius 3 is 2.71 bits per heavy atom. The number of H-pyrrole nitrogens is 1. The number of aryl methyl sites for hydroxylation is 2. The van der Waals surface area contributed by atoms with Gasteiger partial charge in [-0.25, -0.2) is 0 Å². The zero-order chi connectivity index (χ0) is 14.8. The molecule has 2 N–H and O–H groups in total. The third kappa shape index (κ3) is 3.01. The van der Waals surface area contributed by atoms with Crippen LogP contribution in [0.4, 0.5) is 0 Å². The van der Waals surface area contributed by atoms with Gasteiger partial charge in [0.2, 0.25) is 0 Å². The lowest BCUT2D eigenvalue weighted by Crippen LogP contribution is -2.18. The van der Waals surface area contributed by atoms with Crippen LogP contribution in [-0.4, -0.2) is 4.98 Å². The SMILES string of the molecule is Cc1ccc(C(C)NCc2ccc3cc[nH]c3c2)c(C)c1. The molecule has 2 nitrogen and oxygen atoms in total. The van der Waals surface area contributed by atoms with Gasteiger partial charge in [0.25, 0.3) is 0 Å². The van der Waals surface area contributed by atoms with Crippen molar-refractivity contribution in [1.82, 2.24) is 10.3 Å². The van der Waals surface area contributed by atoms with Gasteiger partial charge in [-0.2, -0.15) is 0 Å². The standard InChI is InChI=1S/C19H22N2/c1-13-4-7-18(14(2)10-13)15(3)21-12-16-5-6-17-8-9-20-19(17)11-16/h4-11,15,20-21H,12H2,1-3H3. The van der Waals surface area contributed by atoms with Gasteiger partial charge in [-0.1, -0.05) is 35.9 Å². The summed E-state index contributed by atoms with van der Waals surface area (Å²) in [4.78, 5) is 3.27. The van der Waals surface area contributed by atoms with Gasteiger partial charge in [-0.15, -0.1) is 0 Å². The van der Waals surface area contributed by atoms with Crippen LogP contribution in [0, 0.1) is 13.8 Å². The number of hydrogen-bond donors (Lipinski definition) is 2. The van der Waals surface area contributed by atoms with Crippen molar-refractivity contribution in [2.24, 2.45) is 0 Å². The van der Waals surface area contributed by atoms with E-state index in [2.05, 4.69) is 73.5 Å². The smallest absolute Gasteiger partial charge is 0.0457 e. The predicted molar refractivity (Wildman–Crippen MR) is 89.5 cm³/mol. The second kappa shape index (κ2) is 5.74. The molecule has 0 aliphatic carbocycles. The first-order valence-electron chi connectivity index (χ1n) is 7.50. The van der Waals surface area contributed by atoms with Crippen LogP contribution in [0.1, 0.15) is 35.2 Å². The van der Waals surface area contributed by atoms with E-state index < -0.39 is 0 Å². The number of benzene rings is 2. The van der Waals surface area contributed by atoms with Gasteiger partial charge >= 0.3 is 0 Å². The second-order valence-corrected chi connectivity index (χ2v) is 5.86. The highest BCUT2D eigenvalue weighted by Crippen LogP contribution is 2.20. The molecule has 0 saturated heterocycles. The molecule has 1 unspecified atom stereocenters. The molecule has 2 heteroatoms. The summed E-state index contributed by atoms with van der Waals surface area (Å²) < 4.78 is 0. The fourth-order valence-electron chi connectivity index (χ4n) is 2.90. The van der Waals surface area contributed by atoms with Crippen LogP contribution in [0.15, 0.2) is 48.7 Å². The third-order valence-corrected chi connectivity index (χ3v) is 4.12. The average Bonchev–Trinajstić information content (AvgIpc) is 2.92. The zero-order valence-corrected chi connectivity index (χ0v) is 12.9. The molecule has 0 radical (unpaired) electrons. The Hall–Kier alpha value is -2.06. The van der Waals surface area contributed by atoms with Crippen molar-refractivity contribution in [2.45, 2.75) is 33.4 Å². The van der Waals surface area contributed by atoms with Gasteiger partial charge in [0, 0.05) is 24.3 Å². The van der Waals surface area contributed by atoms with E-state index in [1.165, 1.54) is 33.2 Å². The number of rotatable bonds is 4. The summed E-state index contributed by atoms with van der Waals surface area (Å²) in [5.41, 5.74) is 6.56. The van der Waals surface area contributed by atoms with Crippen LogP contribution in [0.5, 0.6) is 0 Å². The molecule has 0 aliphatic rings. The van der Waals surface area contributed by atoms with E-state index in [0.29, 0.717) is 6.04 Å². The van der Waals surface area contributed by atoms with Gasteiger partial charge in [0.15, 0.2) is 0 Å². The largest absolute Gasteiger partial charge is 0.361 e. The fourth-order valence-corrected chi connectivity index (χ4v) is 2.90. The Labute approximate surface area is 126 Å². The number of hydrogen-bond acceptors (Lipinski definition) is 1. The second-order valence-electron chi connectivity index (χ2n) is 5.86. The Morgan fingerprint density at radius 2 is 1.90 bits per heavy atom. The van der Waals surface area contributed by atoms with Crippen molar-refractivity contribution in [1.29, 1.82) is 0 Å². The summed E-state index contributed by atoms with van der Waals surface area (Å²) in [7, 11) is 0. The molecule has 3 aromatic rings. The summed E-state index contributed by atoms with van der Waals surface area (Å²) in [5, 5.41) is 4.88. The monoisotopic (exact) mass is 278 g/mol. The molecule has 21 heavy (non-hydrogen) atoms. The Morgan fingerprint density at radius 1 is 1.05 bits per heavy atom. The van der Waals surface area contributed by atoms with Gasteiger partial charge in [-0.3, -0.25) is 0 Å². The van der Waals surface area contributed by atoms with Crippen LogP contribution in [0.2, 0.25) is 0 Å². The van der Waals surface area contributed by atoms with Gasteiger partial charge in [0.1, 0.15) is 0 Å². The summed E-state index contributed by atoms with van der Waals surface area (Å²) in [6, 6.07) is 15.7. The summed E-state index contributed by atoms with van der Waals surface area (Å²) >= 11 is 0. The van der Waals surface area contributed by atoms with Crippen molar-refractivity contribution < 1.29 is 0 Å². The van der Waals surface area contributed by atoms with Crippen molar-refractivity contribution >= 4 is 10.9 Å². The highest BCUT2D eigenvalue weighted by Gasteiger charge is 2.08. The normalized spacial score (nSPS) is 12.7. The van der Waals surface area contributed by atoms with Crippen molar-refractivity contribution in [2.75, 3.05) is 0 Å². The number of fused-ring (bicyclic) bond motifs is 1. The molecule has 0 saturated carbocycles.